The van der Waals surface area contributed by atoms with Crippen LogP contribution in [0.15, 0.2) is 24.3 Å². The van der Waals surface area contributed by atoms with E-state index in [4.69, 9.17) is 0 Å². The van der Waals surface area contributed by atoms with Gasteiger partial charge in [0.25, 0.3) is 0 Å². The summed E-state index contributed by atoms with van der Waals surface area (Å²) in [6.45, 7) is 0. The van der Waals surface area contributed by atoms with Crippen LogP contribution in [-0.4, -0.2) is 8.76 Å². The first-order valence-electron chi connectivity index (χ1n) is 3.41. The zero-order valence-corrected chi connectivity index (χ0v) is 7.55. The number of hydrogen-bond donors (Lipinski definition) is 2. The van der Waals surface area contributed by atoms with Crippen molar-refractivity contribution in [2.24, 2.45) is 0 Å². The van der Waals surface area contributed by atoms with Crippen molar-refractivity contribution in [3.8, 4) is 0 Å². The first-order valence-corrected chi connectivity index (χ1v) is 4.49. The van der Waals surface area contributed by atoms with Crippen molar-refractivity contribution in [3.05, 3.63) is 24.3 Å². The number of hydrogen-bond acceptors (Lipinski definition) is 4. The lowest BCUT2D eigenvalue weighted by atomic mass is 10.3. The Hall–Kier alpha value is -1.25. The second-order valence-electron chi connectivity index (χ2n) is 2.25. The summed E-state index contributed by atoms with van der Waals surface area (Å²) in [6.07, 6.45) is 0. The van der Waals surface area contributed by atoms with Crippen LogP contribution in [0.1, 0.15) is 0 Å². The minimum absolute atomic E-state index is 0.0882. The lowest BCUT2D eigenvalue weighted by Crippen LogP contribution is -2.21. The number of nitrogens with one attached hydrogen (secondary N) is 2. The van der Waals surface area contributed by atoms with E-state index in [0.717, 1.165) is 5.65 Å². The largest absolute Gasteiger partial charge is 0.755 e. The molecule has 1 unspecified atom stereocenters. The minimum atomic E-state index is -2.43. The Balaban J connectivity index is 2.73. The van der Waals surface area contributed by atoms with Crippen molar-refractivity contribution < 1.29 is 17.7 Å². The molecule has 0 spiro atoms. The molecule has 1 aromatic rings. The van der Waals surface area contributed by atoms with Gasteiger partial charge >= 0.3 is 0 Å². The normalized spacial score (nSPS) is 12.2. The SMILES string of the molecule is O=S([O-])Nc1ccc(N(F)NF)cc1. The molecule has 0 aromatic heterocycles. The molecule has 1 aromatic carbocycles. The van der Waals surface area contributed by atoms with Crippen LogP contribution in [0.25, 0.3) is 0 Å². The summed E-state index contributed by atoms with van der Waals surface area (Å²) in [7, 11) is 0. The standard InChI is InChI=1S/C6H7F2N3O2S/c7-10-11(8)6-3-1-5(2-4-6)9-14(12)13/h1-4,9-10H,(H,12,13)/p-1. The molecule has 0 radical (unpaired) electrons. The average molecular weight is 222 g/mol. The summed E-state index contributed by atoms with van der Waals surface area (Å²) in [5.41, 5.74) is 0.936. The van der Waals surface area contributed by atoms with Gasteiger partial charge in [-0.25, -0.2) is 0 Å². The summed E-state index contributed by atoms with van der Waals surface area (Å²) in [5, 5.41) is -0.349. The Kier molecular flexibility index (Phi) is 3.74. The van der Waals surface area contributed by atoms with E-state index in [1.165, 1.54) is 24.3 Å². The molecule has 1 rings (SSSR count). The zero-order chi connectivity index (χ0) is 10.6. The maximum atomic E-state index is 12.5. The van der Waals surface area contributed by atoms with Crippen LogP contribution >= 0.6 is 0 Å². The van der Waals surface area contributed by atoms with Crippen LogP contribution < -0.4 is 15.6 Å². The van der Waals surface area contributed by atoms with Crippen LogP contribution in [0, 0.1) is 0 Å². The Morgan fingerprint density at radius 2 is 1.93 bits per heavy atom. The molecule has 0 amide bonds. The predicted molar refractivity (Wildman–Crippen MR) is 46.8 cm³/mol. The second-order valence-corrected chi connectivity index (χ2v) is 2.92. The molecule has 78 valence electrons. The molecular formula is C6H6F2N3O2S-. The summed E-state index contributed by atoms with van der Waals surface area (Å²) in [6, 6.07) is 4.97. The Morgan fingerprint density at radius 3 is 2.36 bits per heavy atom. The van der Waals surface area contributed by atoms with Crippen LogP contribution in [0.4, 0.5) is 20.3 Å². The zero-order valence-electron chi connectivity index (χ0n) is 6.74. The number of nitrogens with zero attached hydrogens (tertiary/aromatic N) is 1. The van der Waals surface area contributed by atoms with Crippen molar-refractivity contribution in [1.29, 1.82) is 0 Å². The van der Waals surface area contributed by atoms with Crippen molar-refractivity contribution in [2.45, 2.75) is 0 Å². The molecule has 5 nitrogen and oxygen atoms in total. The Morgan fingerprint density at radius 1 is 1.36 bits per heavy atom. The highest BCUT2D eigenvalue weighted by molar-refractivity contribution is 7.80. The first kappa shape index (κ1) is 10.8. The quantitative estimate of drug-likeness (QED) is 0.452. The molecule has 2 N–H and O–H groups in total. The fourth-order valence-electron chi connectivity index (χ4n) is 0.805. The van der Waals surface area contributed by atoms with Gasteiger partial charge in [-0.2, -0.15) is 0 Å². The maximum Gasteiger partial charge on any atom is 0.0903 e. The smallest absolute Gasteiger partial charge is 0.0903 e. The van der Waals surface area contributed by atoms with Crippen LogP contribution in [0.5, 0.6) is 0 Å². The lowest BCUT2D eigenvalue weighted by molar-refractivity contribution is 0.215. The van der Waals surface area contributed by atoms with Gasteiger partial charge in [0, 0.05) is 17.0 Å². The van der Waals surface area contributed by atoms with E-state index in [0.29, 0.717) is 0 Å². The van der Waals surface area contributed by atoms with E-state index in [9.17, 15) is 17.7 Å². The average Bonchev–Trinajstić information content (AvgIpc) is 2.17. The van der Waals surface area contributed by atoms with Crippen LogP contribution in [-0.2, 0) is 11.3 Å². The summed E-state index contributed by atoms with van der Waals surface area (Å²) in [5.74, 6) is 0. The lowest BCUT2D eigenvalue weighted by Gasteiger charge is -2.11. The fourth-order valence-corrected chi connectivity index (χ4v) is 1.13. The van der Waals surface area contributed by atoms with Crippen molar-refractivity contribution in [2.75, 3.05) is 9.95 Å². The highest BCUT2D eigenvalue weighted by Crippen LogP contribution is 2.16. The van der Waals surface area contributed by atoms with E-state index < -0.39 is 11.3 Å². The van der Waals surface area contributed by atoms with Gasteiger partial charge in [-0.15, -0.1) is 9.71 Å². The highest BCUT2D eigenvalue weighted by Gasteiger charge is 2.02. The van der Waals surface area contributed by atoms with Crippen molar-refractivity contribution >= 4 is 22.6 Å². The third kappa shape index (κ3) is 2.91. The molecular weight excluding hydrogens is 216 g/mol. The Labute approximate surface area is 81.0 Å². The summed E-state index contributed by atoms with van der Waals surface area (Å²) in [4.78, 5) is 0. The number of anilines is 2. The van der Waals surface area contributed by atoms with Gasteiger partial charge < -0.3 is 9.27 Å². The minimum Gasteiger partial charge on any atom is -0.755 e. The van der Waals surface area contributed by atoms with Crippen LogP contribution in [0.3, 0.4) is 0 Å². The highest BCUT2D eigenvalue weighted by atomic mass is 32.2. The second kappa shape index (κ2) is 4.84. The molecule has 0 aliphatic heterocycles. The number of halogens is 2. The monoisotopic (exact) mass is 222 g/mol. The van der Waals surface area contributed by atoms with Crippen molar-refractivity contribution in [1.82, 2.24) is 5.65 Å². The topological polar surface area (TPSA) is 67.4 Å². The van der Waals surface area contributed by atoms with E-state index in [2.05, 4.69) is 4.72 Å². The number of rotatable bonds is 4. The summed E-state index contributed by atoms with van der Waals surface area (Å²) < 4.78 is 46.4. The third-order valence-electron chi connectivity index (χ3n) is 1.37. The van der Waals surface area contributed by atoms with E-state index in [-0.39, 0.29) is 16.6 Å². The Bertz CT molecular complexity index is 321. The fraction of sp³-hybridized carbons (Fsp3) is 0. The van der Waals surface area contributed by atoms with E-state index >= 15 is 0 Å². The number of benzene rings is 1. The molecule has 0 aliphatic rings. The number of hydrazine groups is 1. The van der Waals surface area contributed by atoms with Gasteiger partial charge in [0.05, 0.1) is 5.69 Å². The molecule has 8 heteroatoms. The molecule has 0 heterocycles. The molecule has 0 saturated carbocycles. The first-order chi connectivity index (χ1) is 6.63. The van der Waals surface area contributed by atoms with Gasteiger partial charge in [-0.3, -0.25) is 4.21 Å². The molecule has 0 saturated heterocycles. The van der Waals surface area contributed by atoms with Gasteiger partial charge in [-0.1, -0.05) is 4.48 Å². The van der Waals surface area contributed by atoms with Gasteiger partial charge in [0.2, 0.25) is 0 Å². The van der Waals surface area contributed by atoms with Gasteiger partial charge in [0.15, 0.2) is 0 Å². The predicted octanol–water partition coefficient (Wildman–Crippen LogP) is 0.973. The van der Waals surface area contributed by atoms with E-state index in [1.54, 1.807) is 0 Å². The van der Waals surface area contributed by atoms with Crippen LogP contribution in [0.2, 0.25) is 0 Å². The van der Waals surface area contributed by atoms with E-state index in [1.807, 2.05) is 0 Å². The summed E-state index contributed by atoms with van der Waals surface area (Å²) >= 11 is -2.43. The molecule has 0 bridgehead atoms. The molecule has 0 aliphatic carbocycles. The van der Waals surface area contributed by atoms with Gasteiger partial charge in [0.1, 0.15) is 0 Å². The third-order valence-corrected chi connectivity index (χ3v) is 1.77. The molecule has 14 heavy (non-hydrogen) atoms. The molecule has 1 atom stereocenters. The van der Waals surface area contributed by atoms with Crippen molar-refractivity contribution in [3.63, 3.8) is 0 Å². The van der Waals surface area contributed by atoms with Gasteiger partial charge in [-0.05, 0) is 29.9 Å². The maximum absolute atomic E-state index is 12.5. The molecule has 0 fully saturated rings.